The maximum absolute atomic E-state index is 13.2. The van der Waals surface area contributed by atoms with Gasteiger partial charge in [0.15, 0.2) is 0 Å². The van der Waals surface area contributed by atoms with E-state index in [9.17, 15) is 4.79 Å². The highest BCUT2D eigenvalue weighted by Crippen LogP contribution is 2.71. The number of hydrogen-bond acceptors (Lipinski definition) is 2. The minimum atomic E-state index is -2.25. The Hall–Kier alpha value is -2.52. The van der Waals surface area contributed by atoms with Crippen LogP contribution >= 0.6 is 10.3 Å². The average molecular weight is 505 g/mol. The second-order valence-corrected chi connectivity index (χ2v) is 12.2. The normalized spacial score (nSPS) is 11.9. The van der Waals surface area contributed by atoms with Gasteiger partial charge in [-0.2, -0.15) is 0 Å². The Balaban J connectivity index is 2.43. The first-order valence-corrected chi connectivity index (χ1v) is 15.5. The zero-order chi connectivity index (χ0) is 25.8. The van der Waals surface area contributed by atoms with Crippen molar-refractivity contribution in [2.75, 3.05) is 0 Å². The van der Waals surface area contributed by atoms with Crippen LogP contribution in [0.3, 0.4) is 0 Å². The van der Waals surface area contributed by atoms with Gasteiger partial charge in [0, 0.05) is 21.1 Å². The molecule has 0 N–H and O–H groups in total. The molecule has 0 amide bonds. The minimum Gasteiger partial charge on any atom is -0.402 e. The van der Waals surface area contributed by atoms with Crippen molar-refractivity contribution in [3.8, 4) is 0 Å². The van der Waals surface area contributed by atoms with Gasteiger partial charge in [0.1, 0.15) is 0 Å². The fourth-order valence-electron chi connectivity index (χ4n) is 4.76. The van der Waals surface area contributed by atoms with Crippen LogP contribution in [-0.2, 0) is 28.2 Å². The molecule has 0 saturated heterocycles. The molecule has 0 aromatic heterocycles. The molecule has 0 aliphatic rings. The van der Waals surface area contributed by atoms with E-state index >= 15 is 0 Å². The summed E-state index contributed by atoms with van der Waals surface area (Å²) in [5.41, 5.74) is 4.15. The lowest BCUT2D eigenvalue weighted by Gasteiger charge is -2.42. The molecule has 0 heterocycles. The van der Waals surface area contributed by atoms with Gasteiger partial charge in [0.05, 0.1) is 0 Å². The molecule has 0 radical (unpaired) electrons. The molecule has 3 rings (SSSR count). The number of carbonyl (C=O) groups is 1. The van der Waals surface area contributed by atoms with E-state index in [1.54, 1.807) is 0 Å². The van der Waals surface area contributed by atoms with Gasteiger partial charge in [0.2, 0.25) is 0 Å². The van der Waals surface area contributed by atoms with Crippen molar-refractivity contribution in [1.29, 1.82) is 0 Å². The Kier molecular flexibility index (Phi) is 11.1. The number of benzene rings is 3. The molecule has 3 aromatic carbocycles. The molecule has 0 fully saturated rings. The number of carbonyl (C=O) groups excluding carboxylic acids is 1. The van der Waals surface area contributed by atoms with Gasteiger partial charge in [-0.1, -0.05) is 95.5 Å². The third-order valence-corrected chi connectivity index (χ3v) is 10.1. The van der Waals surface area contributed by atoms with Gasteiger partial charge < -0.3 is 4.18 Å². The average Bonchev–Trinajstić information content (AvgIpc) is 2.93. The topological polar surface area (TPSA) is 26.3 Å². The van der Waals surface area contributed by atoms with Crippen LogP contribution in [0.2, 0.25) is 0 Å². The Morgan fingerprint density at radius 3 is 1.53 bits per heavy atom. The SMILES string of the molecule is CCCCc1cc(CCCC)c(S(OC(=O)CC)(c2ccccc2)c2ccccc2)c(CCCC)c1. The molecular weight excluding hydrogens is 460 g/mol. The fourth-order valence-corrected chi connectivity index (χ4v) is 8.32. The lowest BCUT2D eigenvalue weighted by molar-refractivity contribution is -0.133. The molecule has 0 bridgehead atoms. The highest BCUT2D eigenvalue weighted by molar-refractivity contribution is 8.30. The molecule has 0 saturated carbocycles. The van der Waals surface area contributed by atoms with Gasteiger partial charge in [-0.05, 0) is 89.8 Å². The monoisotopic (exact) mass is 504 g/mol. The van der Waals surface area contributed by atoms with E-state index in [2.05, 4.69) is 81.4 Å². The zero-order valence-corrected chi connectivity index (χ0v) is 23.5. The van der Waals surface area contributed by atoms with Crippen LogP contribution < -0.4 is 0 Å². The maximum Gasteiger partial charge on any atom is 0.316 e. The number of hydrogen-bond donors (Lipinski definition) is 0. The number of unbranched alkanes of at least 4 members (excludes halogenated alkanes) is 3. The standard InChI is InChI=1S/C33H44O2S/c1-5-9-18-27-25-28(19-10-6-2)33(29(26-27)20-11-7-3)36(35-32(34)8-4,30-21-14-12-15-22-30)31-23-16-13-17-24-31/h12-17,21-26H,5-11,18-20H2,1-4H3. The molecule has 36 heavy (non-hydrogen) atoms. The predicted octanol–water partition coefficient (Wildman–Crippen LogP) is 9.86. The molecule has 3 heteroatoms. The first-order valence-electron chi connectivity index (χ1n) is 13.9. The van der Waals surface area contributed by atoms with Crippen molar-refractivity contribution in [1.82, 2.24) is 0 Å². The summed E-state index contributed by atoms with van der Waals surface area (Å²) in [6, 6.07) is 25.9. The quantitative estimate of drug-likeness (QED) is 0.218. The summed E-state index contributed by atoms with van der Waals surface area (Å²) in [5.74, 6) is -0.143. The molecule has 194 valence electrons. The van der Waals surface area contributed by atoms with E-state index in [1.807, 2.05) is 19.1 Å². The van der Waals surface area contributed by atoms with Crippen LogP contribution in [0.4, 0.5) is 0 Å². The van der Waals surface area contributed by atoms with Crippen molar-refractivity contribution < 1.29 is 8.98 Å². The molecule has 2 nitrogen and oxygen atoms in total. The van der Waals surface area contributed by atoms with Gasteiger partial charge in [-0.3, -0.25) is 4.79 Å². The Morgan fingerprint density at radius 2 is 1.11 bits per heavy atom. The van der Waals surface area contributed by atoms with Crippen molar-refractivity contribution in [3.05, 3.63) is 89.5 Å². The number of aryl methyl sites for hydroxylation is 3. The van der Waals surface area contributed by atoms with E-state index in [4.69, 9.17) is 4.18 Å². The number of rotatable bonds is 14. The highest BCUT2D eigenvalue weighted by Gasteiger charge is 2.38. The molecule has 0 atom stereocenters. The summed E-state index contributed by atoms with van der Waals surface area (Å²) >= 11 is 0. The maximum atomic E-state index is 13.2. The third-order valence-electron chi connectivity index (χ3n) is 6.67. The molecule has 0 unspecified atom stereocenters. The Morgan fingerprint density at radius 1 is 0.667 bits per heavy atom. The second kappa shape index (κ2) is 14.3. The third kappa shape index (κ3) is 6.62. The summed E-state index contributed by atoms with van der Waals surface area (Å²) in [6.07, 6.45) is 10.4. The van der Waals surface area contributed by atoms with Crippen LogP contribution in [0.1, 0.15) is 89.3 Å². The van der Waals surface area contributed by atoms with Crippen LogP contribution in [0.15, 0.2) is 87.5 Å². The van der Waals surface area contributed by atoms with E-state index in [0.717, 1.165) is 54.7 Å². The summed E-state index contributed by atoms with van der Waals surface area (Å²) in [7, 11) is -2.25. The summed E-state index contributed by atoms with van der Waals surface area (Å²) in [4.78, 5) is 16.7. The van der Waals surface area contributed by atoms with Crippen molar-refractivity contribution >= 4 is 16.3 Å². The van der Waals surface area contributed by atoms with Crippen LogP contribution in [0.25, 0.3) is 0 Å². The van der Waals surface area contributed by atoms with Crippen molar-refractivity contribution in [2.45, 2.75) is 107 Å². The Labute approximate surface area is 221 Å². The summed E-state index contributed by atoms with van der Waals surface area (Å²) in [6.45, 7) is 8.66. The minimum absolute atomic E-state index is 0.143. The van der Waals surface area contributed by atoms with E-state index in [1.165, 1.54) is 34.4 Å². The van der Waals surface area contributed by atoms with Crippen LogP contribution in [-0.4, -0.2) is 5.97 Å². The van der Waals surface area contributed by atoms with Crippen molar-refractivity contribution in [3.63, 3.8) is 0 Å². The first-order chi connectivity index (χ1) is 17.6. The highest BCUT2D eigenvalue weighted by atomic mass is 32.3. The van der Waals surface area contributed by atoms with Crippen LogP contribution in [0, 0.1) is 0 Å². The molecule has 0 aliphatic heterocycles. The van der Waals surface area contributed by atoms with E-state index < -0.39 is 10.3 Å². The molecular formula is C33H44O2S. The Bertz CT molecular complexity index is 1010. The fraction of sp³-hybridized carbons (Fsp3) is 0.424. The largest absolute Gasteiger partial charge is 0.402 e. The molecule has 0 aliphatic carbocycles. The summed E-state index contributed by atoms with van der Waals surface area (Å²) < 4.78 is 6.75. The smallest absolute Gasteiger partial charge is 0.316 e. The van der Waals surface area contributed by atoms with Crippen molar-refractivity contribution in [2.24, 2.45) is 0 Å². The molecule has 0 spiro atoms. The second-order valence-electron chi connectivity index (χ2n) is 9.55. The molecule has 3 aromatic rings. The lowest BCUT2D eigenvalue weighted by Crippen LogP contribution is -2.17. The first kappa shape index (κ1) is 28.1. The van der Waals surface area contributed by atoms with Gasteiger partial charge in [-0.25, -0.2) is 0 Å². The predicted molar refractivity (Wildman–Crippen MR) is 154 cm³/mol. The zero-order valence-electron chi connectivity index (χ0n) is 22.7. The summed E-state index contributed by atoms with van der Waals surface area (Å²) in [5, 5.41) is 0. The van der Waals surface area contributed by atoms with Crippen LogP contribution in [0.5, 0.6) is 0 Å². The van der Waals surface area contributed by atoms with E-state index in [0.29, 0.717) is 6.42 Å². The van der Waals surface area contributed by atoms with Gasteiger partial charge >= 0.3 is 5.97 Å². The van der Waals surface area contributed by atoms with Gasteiger partial charge in [0.25, 0.3) is 0 Å². The van der Waals surface area contributed by atoms with E-state index in [-0.39, 0.29) is 5.97 Å². The van der Waals surface area contributed by atoms with Gasteiger partial charge in [-0.15, -0.1) is 0 Å². The lowest BCUT2D eigenvalue weighted by atomic mass is 9.96.